The molecule has 0 spiro atoms. The zero-order valence-electron chi connectivity index (χ0n) is 19.6. The minimum absolute atomic E-state index is 0.0386. The molecule has 174 valence electrons. The predicted molar refractivity (Wildman–Crippen MR) is 127 cm³/mol. The molecular weight excluding hydrogens is 416 g/mol. The van der Waals surface area contributed by atoms with Crippen molar-refractivity contribution >= 4 is 5.97 Å². The smallest absolute Gasteiger partial charge is 0.310 e. The van der Waals surface area contributed by atoms with E-state index < -0.39 is 0 Å². The molecule has 0 radical (unpaired) electrons. The lowest BCUT2D eigenvalue weighted by atomic mass is 9.90. The number of rotatable bonds is 9. The van der Waals surface area contributed by atoms with Gasteiger partial charge in [-0.25, -0.2) is 4.98 Å². The molecule has 6 heteroatoms. The van der Waals surface area contributed by atoms with Crippen LogP contribution in [0, 0.1) is 18.8 Å². The summed E-state index contributed by atoms with van der Waals surface area (Å²) < 4.78 is 16.9. The quantitative estimate of drug-likeness (QED) is 0.434. The van der Waals surface area contributed by atoms with Crippen LogP contribution in [0.3, 0.4) is 0 Å². The van der Waals surface area contributed by atoms with Crippen molar-refractivity contribution in [3.05, 3.63) is 71.6 Å². The molecule has 0 saturated carbocycles. The predicted octanol–water partition coefficient (Wildman–Crippen LogP) is 4.90. The minimum Gasteiger partial charge on any atom is -0.487 e. The average Bonchev–Trinajstić information content (AvgIpc) is 3.45. The van der Waals surface area contributed by atoms with Crippen LogP contribution in [0.4, 0.5) is 0 Å². The topological polar surface area (TPSA) is 64.8 Å². The summed E-state index contributed by atoms with van der Waals surface area (Å²) >= 11 is 0. The number of ether oxygens (including phenoxy) is 2. The summed E-state index contributed by atoms with van der Waals surface area (Å²) in [5, 5.41) is 0. The van der Waals surface area contributed by atoms with Gasteiger partial charge in [-0.05, 0) is 62.1 Å². The van der Waals surface area contributed by atoms with E-state index in [0.29, 0.717) is 18.4 Å². The van der Waals surface area contributed by atoms with Gasteiger partial charge in [-0.1, -0.05) is 37.3 Å². The van der Waals surface area contributed by atoms with E-state index in [2.05, 4.69) is 28.9 Å². The lowest BCUT2D eigenvalue weighted by Crippen LogP contribution is -2.25. The van der Waals surface area contributed by atoms with Gasteiger partial charge in [-0.15, -0.1) is 0 Å². The highest BCUT2D eigenvalue weighted by Crippen LogP contribution is 2.29. The molecule has 6 nitrogen and oxygen atoms in total. The third kappa shape index (κ3) is 5.63. The van der Waals surface area contributed by atoms with Gasteiger partial charge >= 0.3 is 5.97 Å². The summed E-state index contributed by atoms with van der Waals surface area (Å²) in [6.45, 7) is 7.09. The van der Waals surface area contributed by atoms with Gasteiger partial charge in [0.2, 0.25) is 5.89 Å². The highest BCUT2D eigenvalue weighted by Gasteiger charge is 2.37. The largest absolute Gasteiger partial charge is 0.487 e. The Morgan fingerprint density at radius 3 is 2.73 bits per heavy atom. The lowest BCUT2D eigenvalue weighted by molar-refractivity contribution is -0.146. The van der Waals surface area contributed by atoms with Crippen LogP contribution in [0.5, 0.6) is 5.75 Å². The SMILES string of the molecule is CCN1C[C@@H](CCc2cccc(OCc3nc(-c4ccccc4)oc3C)c2)[C@@H](C(=O)OC)C1. The molecule has 1 saturated heterocycles. The van der Waals surface area contributed by atoms with Crippen LogP contribution in [-0.4, -0.2) is 42.6 Å². The molecule has 0 bridgehead atoms. The number of hydrogen-bond donors (Lipinski definition) is 0. The molecular formula is C27H32N2O4. The highest BCUT2D eigenvalue weighted by molar-refractivity contribution is 5.73. The van der Waals surface area contributed by atoms with Gasteiger partial charge in [0.15, 0.2) is 0 Å². The van der Waals surface area contributed by atoms with Gasteiger partial charge < -0.3 is 18.8 Å². The zero-order chi connectivity index (χ0) is 23.2. The van der Waals surface area contributed by atoms with E-state index in [9.17, 15) is 4.79 Å². The first-order chi connectivity index (χ1) is 16.1. The Kier molecular flexibility index (Phi) is 7.45. The second-order valence-electron chi connectivity index (χ2n) is 8.60. The fraction of sp³-hybridized carbons (Fsp3) is 0.407. The Labute approximate surface area is 195 Å². The minimum atomic E-state index is -0.0918. The number of aryl methyl sites for hydroxylation is 2. The Balaban J connectivity index is 1.36. The number of methoxy groups -OCH3 is 1. The number of aromatic nitrogens is 1. The Morgan fingerprint density at radius 2 is 1.97 bits per heavy atom. The van der Waals surface area contributed by atoms with Crippen LogP contribution in [0.1, 0.15) is 30.4 Å². The van der Waals surface area contributed by atoms with E-state index in [1.807, 2.05) is 49.4 Å². The molecule has 0 aliphatic carbocycles. The maximum atomic E-state index is 12.2. The number of esters is 1. The number of hydrogen-bond acceptors (Lipinski definition) is 6. The third-order valence-corrected chi connectivity index (χ3v) is 6.46. The molecule has 0 amide bonds. The summed E-state index contributed by atoms with van der Waals surface area (Å²) in [4.78, 5) is 19.2. The van der Waals surface area contributed by atoms with E-state index in [-0.39, 0.29) is 11.9 Å². The van der Waals surface area contributed by atoms with Crippen molar-refractivity contribution in [3.63, 3.8) is 0 Å². The molecule has 2 atom stereocenters. The summed E-state index contributed by atoms with van der Waals surface area (Å²) in [6, 6.07) is 18.0. The molecule has 2 heterocycles. The number of carbonyl (C=O) groups excluding carboxylic acids is 1. The molecule has 0 unspecified atom stereocenters. The molecule has 33 heavy (non-hydrogen) atoms. The summed E-state index contributed by atoms with van der Waals surface area (Å²) in [6.07, 6.45) is 1.84. The maximum Gasteiger partial charge on any atom is 0.310 e. The second kappa shape index (κ2) is 10.7. The second-order valence-corrected chi connectivity index (χ2v) is 8.60. The van der Waals surface area contributed by atoms with Crippen molar-refractivity contribution in [1.82, 2.24) is 9.88 Å². The summed E-state index contributed by atoms with van der Waals surface area (Å²) in [5.74, 6) is 2.37. The van der Waals surface area contributed by atoms with Crippen molar-refractivity contribution in [2.45, 2.75) is 33.3 Å². The van der Waals surface area contributed by atoms with E-state index in [1.165, 1.54) is 12.7 Å². The van der Waals surface area contributed by atoms with Gasteiger partial charge in [0.1, 0.15) is 23.8 Å². The Hall–Kier alpha value is -3.12. The van der Waals surface area contributed by atoms with Crippen molar-refractivity contribution in [3.8, 4) is 17.2 Å². The number of benzene rings is 2. The van der Waals surface area contributed by atoms with Crippen LogP contribution in [-0.2, 0) is 22.6 Å². The van der Waals surface area contributed by atoms with Crippen molar-refractivity contribution < 1.29 is 18.7 Å². The summed E-state index contributed by atoms with van der Waals surface area (Å²) in [7, 11) is 1.48. The number of carbonyl (C=O) groups is 1. The van der Waals surface area contributed by atoms with Crippen LogP contribution in [0.15, 0.2) is 59.0 Å². The monoisotopic (exact) mass is 448 g/mol. The van der Waals surface area contributed by atoms with Crippen LogP contribution >= 0.6 is 0 Å². The first-order valence-corrected chi connectivity index (χ1v) is 11.6. The van der Waals surface area contributed by atoms with Crippen LogP contribution in [0.2, 0.25) is 0 Å². The fourth-order valence-electron chi connectivity index (χ4n) is 4.49. The fourth-order valence-corrected chi connectivity index (χ4v) is 4.49. The van der Waals surface area contributed by atoms with Crippen molar-refractivity contribution in [2.24, 2.45) is 11.8 Å². The number of oxazole rings is 1. The summed E-state index contributed by atoms with van der Waals surface area (Å²) in [5.41, 5.74) is 2.95. The molecule has 1 aliphatic rings. The van der Waals surface area contributed by atoms with Gasteiger partial charge in [-0.3, -0.25) is 4.79 Å². The van der Waals surface area contributed by atoms with Gasteiger partial charge in [0.25, 0.3) is 0 Å². The number of likely N-dealkylation sites (tertiary alicyclic amines) is 1. The van der Waals surface area contributed by atoms with E-state index in [4.69, 9.17) is 13.9 Å². The highest BCUT2D eigenvalue weighted by atomic mass is 16.5. The molecule has 1 aromatic heterocycles. The van der Waals surface area contributed by atoms with Gasteiger partial charge in [-0.2, -0.15) is 0 Å². The van der Waals surface area contributed by atoms with Gasteiger partial charge in [0, 0.05) is 18.7 Å². The molecule has 4 rings (SSSR count). The maximum absolute atomic E-state index is 12.2. The van der Waals surface area contributed by atoms with Crippen molar-refractivity contribution in [1.29, 1.82) is 0 Å². The molecule has 0 N–H and O–H groups in total. The molecule has 1 fully saturated rings. The first kappa shape index (κ1) is 23.1. The van der Waals surface area contributed by atoms with E-state index in [1.54, 1.807) is 0 Å². The molecule has 2 aromatic carbocycles. The Morgan fingerprint density at radius 1 is 1.15 bits per heavy atom. The standard InChI is InChI=1S/C27H32N2O4/c1-4-29-16-22(24(17-29)27(30)31-3)14-13-20-9-8-12-23(15-20)32-18-25-19(2)33-26(28-25)21-10-6-5-7-11-21/h5-12,15,22,24H,4,13-14,16-18H2,1-3H3/t22-,24+/m1/s1. The van der Waals surface area contributed by atoms with Crippen molar-refractivity contribution in [2.75, 3.05) is 26.7 Å². The van der Waals surface area contributed by atoms with E-state index in [0.717, 1.165) is 55.2 Å². The third-order valence-electron chi connectivity index (χ3n) is 6.46. The lowest BCUT2D eigenvalue weighted by Gasteiger charge is -2.16. The zero-order valence-corrected chi connectivity index (χ0v) is 19.6. The van der Waals surface area contributed by atoms with Crippen LogP contribution < -0.4 is 4.74 Å². The van der Waals surface area contributed by atoms with Gasteiger partial charge in [0.05, 0.1) is 13.0 Å². The first-order valence-electron chi connectivity index (χ1n) is 11.6. The van der Waals surface area contributed by atoms with E-state index >= 15 is 0 Å². The average molecular weight is 449 g/mol. The number of nitrogens with zero attached hydrogens (tertiary/aromatic N) is 2. The normalized spacial score (nSPS) is 18.4. The molecule has 1 aliphatic heterocycles. The Bertz CT molecular complexity index is 1060. The molecule has 3 aromatic rings. The van der Waals surface area contributed by atoms with Crippen LogP contribution in [0.25, 0.3) is 11.5 Å².